The second-order valence-corrected chi connectivity index (χ2v) is 7.29. The maximum atomic E-state index is 12.9. The lowest BCUT2D eigenvalue weighted by atomic mass is 10.1. The summed E-state index contributed by atoms with van der Waals surface area (Å²) in [6.45, 7) is 7.47. The van der Waals surface area contributed by atoms with Crippen LogP contribution in [0.1, 0.15) is 31.8 Å². The second kappa shape index (κ2) is 11.5. The zero-order valence-electron chi connectivity index (χ0n) is 19.2. The van der Waals surface area contributed by atoms with Gasteiger partial charge in [-0.1, -0.05) is 30.4 Å². The van der Waals surface area contributed by atoms with Crippen LogP contribution in [0.2, 0.25) is 0 Å². The molecule has 0 saturated heterocycles. The van der Waals surface area contributed by atoms with Crippen molar-refractivity contribution in [1.29, 1.82) is 0 Å². The quantitative estimate of drug-likeness (QED) is 0.224. The number of benzene rings is 3. The monoisotopic (exact) mass is 458 g/mol. The number of methoxy groups -OCH3 is 2. The minimum atomic E-state index is -0.609. The van der Waals surface area contributed by atoms with Gasteiger partial charge in [-0.05, 0) is 54.3 Å². The Morgan fingerprint density at radius 2 is 1.15 bits per heavy atom. The molecule has 0 saturated carbocycles. The van der Waals surface area contributed by atoms with Gasteiger partial charge in [-0.25, -0.2) is 9.59 Å². The number of ether oxygens (including phenoxy) is 4. The van der Waals surface area contributed by atoms with E-state index in [2.05, 4.69) is 13.2 Å². The van der Waals surface area contributed by atoms with Crippen molar-refractivity contribution in [2.45, 2.75) is 12.8 Å². The summed E-state index contributed by atoms with van der Waals surface area (Å²) in [4.78, 5) is 25.7. The van der Waals surface area contributed by atoms with Crippen LogP contribution in [0.4, 0.5) is 0 Å². The molecule has 0 aliphatic heterocycles. The normalized spacial score (nSPS) is 10.2. The molecular formula is C28H26O6. The Kier molecular flexibility index (Phi) is 8.24. The molecule has 174 valence electrons. The topological polar surface area (TPSA) is 71.1 Å². The average Bonchev–Trinajstić information content (AvgIpc) is 2.86. The van der Waals surface area contributed by atoms with Crippen molar-refractivity contribution in [2.24, 2.45) is 0 Å². The van der Waals surface area contributed by atoms with E-state index < -0.39 is 11.9 Å². The summed E-state index contributed by atoms with van der Waals surface area (Å²) in [7, 11) is 3.07. The van der Waals surface area contributed by atoms with E-state index in [1.54, 1.807) is 54.6 Å². The molecule has 0 spiro atoms. The highest BCUT2D eigenvalue weighted by Gasteiger charge is 2.17. The summed E-state index contributed by atoms with van der Waals surface area (Å²) < 4.78 is 21.7. The van der Waals surface area contributed by atoms with Gasteiger partial charge in [0.1, 0.15) is 23.0 Å². The van der Waals surface area contributed by atoms with E-state index in [1.165, 1.54) is 20.3 Å². The Balaban J connectivity index is 1.83. The fourth-order valence-corrected chi connectivity index (χ4v) is 3.25. The number of esters is 2. The molecule has 0 aliphatic carbocycles. The largest absolute Gasteiger partial charge is 0.497 e. The third-order valence-corrected chi connectivity index (χ3v) is 5.02. The highest BCUT2D eigenvalue weighted by atomic mass is 16.5. The van der Waals surface area contributed by atoms with Crippen molar-refractivity contribution in [3.05, 3.63) is 108 Å². The first kappa shape index (κ1) is 24.3. The lowest BCUT2D eigenvalue weighted by Crippen LogP contribution is -2.13. The molecule has 3 aromatic rings. The molecule has 0 radical (unpaired) electrons. The lowest BCUT2D eigenvalue weighted by molar-refractivity contribution is 0.0733. The molecule has 0 heterocycles. The van der Waals surface area contributed by atoms with Gasteiger partial charge in [0.05, 0.1) is 25.3 Å². The number of carbonyl (C=O) groups is 2. The number of allylic oxidation sites excluding steroid dienone is 2. The molecule has 0 aliphatic rings. The molecule has 34 heavy (non-hydrogen) atoms. The smallest absolute Gasteiger partial charge is 0.343 e. The van der Waals surface area contributed by atoms with Crippen LogP contribution in [-0.2, 0) is 12.8 Å². The molecule has 0 N–H and O–H groups in total. The van der Waals surface area contributed by atoms with Crippen molar-refractivity contribution in [3.63, 3.8) is 0 Å². The molecule has 0 bridgehead atoms. The molecule has 6 nitrogen and oxygen atoms in total. The molecule has 0 unspecified atom stereocenters. The zero-order chi connectivity index (χ0) is 24.5. The molecule has 0 aromatic heterocycles. The number of hydrogen-bond donors (Lipinski definition) is 0. The van der Waals surface area contributed by atoms with Crippen LogP contribution in [0.3, 0.4) is 0 Å². The highest BCUT2D eigenvalue weighted by molar-refractivity contribution is 5.97. The molecule has 0 amide bonds. The van der Waals surface area contributed by atoms with Crippen molar-refractivity contribution < 1.29 is 28.5 Å². The molecule has 3 rings (SSSR count). The van der Waals surface area contributed by atoms with E-state index in [-0.39, 0.29) is 11.1 Å². The first-order valence-electron chi connectivity index (χ1n) is 10.6. The Morgan fingerprint density at radius 3 is 1.53 bits per heavy atom. The maximum Gasteiger partial charge on any atom is 0.343 e. The molecule has 3 aromatic carbocycles. The minimum Gasteiger partial charge on any atom is -0.497 e. The summed E-state index contributed by atoms with van der Waals surface area (Å²) >= 11 is 0. The first-order chi connectivity index (χ1) is 16.5. The van der Waals surface area contributed by atoms with Gasteiger partial charge >= 0.3 is 11.9 Å². The number of carbonyl (C=O) groups excluding carboxylic acids is 2. The van der Waals surface area contributed by atoms with Crippen molar-refractivity contribution in [1.82, 2.24) is 0 Å². The van der Waals surface area contributed by atoms with E-state index in [1.807, 2.05) is 12.1 Å². The van der Waals surface area contributed by atoms with Gasteiger partial charge in [-0.15, -0.1) is 13.2 Å². The molecule has 0 fully saturated rings. The fraction of sp³-hybridized carbons (Fsp3) is 0.143. The van der Waals surface area contributed by atoms with Gasteiger partial charge in [0.2, 0.25) is 0 Å². The Bertz CT molecular complexity index is 1120. The average molecular weight is 459 g/mol. The van der Waals surface area contributed by atoms with Gasteiger partial charge in [0, 0.05) is 12.1 Å². The van der Waals surface area contributed by atoms with Crippen LogP contribution in [-0.4, -0.2) is 26.2 Å². The van der Waals surface area contributed by atoms with Gasteiger partial charge in [-0.2, -0.15) is 0 Å². The predicted octanol–water partition coefficient (Wildman–Crippen LogP) is 5.60. The van der Waals surface area contributed by atoms with Gasteiger partial charge in [0.25, 0.3) is 0 Å². The number of hydrogen-bond acceptors (Lipinski definition) is 6. The van der Waals surface area contributed by atoms with Gasteiger partial charge in [0.15, 0.2) is 0 Å². The Labute approximate surface area is 199 Å². The summed E-state index contributed by atoms with van der Waals surface area (Å²) in [5.41, 5.74) is 1.98. The van der Waals surface area contributed by atoms with E-state index >= 15 is 0 Å². The first-order valence-corrected chi connectivity index (χ1v) is 10.6. The van der Waals surface area contributed by atoms with E-state index in [0.717, 1.165) is 11.1 Å². The van der Waals surface area contributed by atoms with Crippen LogP contribution < -0.4 is 18.9 Å². The van der Waals surface area contributed by atoms with Crippen LogP contribution in [0.25, 0.3) is 0 Å². The second-order valence-electron chi connectivity index (χ2n) is 7.29. The summed E-state index contributed by atoms with van der Waals surface area (Å²) in [6.07, 6.45) is 4.48. The third-order valence-electron chi connectivity index (χ3n) is 5.02. The molecule has 0 atom stereocenters. The van der Waals surface area contributed by atoms with Crippen LogP contribution in [0.5, 0.6) is 23.0 Å². The Morgan fingerprint density at radius 1 is 0.706 bits per heavy atom. The maximum absolute atomic E-state index is 12.9. The van der Waals surface area contributed by atoms with E-state index in [0.29, 0.717) is 35.8 Å². The summed E-state index contributed by atoms with van der Waals surface area (Å²) in [5.74, 6) is 0.623. The molecule has 6 heteroatoms. The van der Waals surface area contributed by atoms with Crippen LogP contribution in [0.15, 0.2) is 86.0 Å². The van der Waals surface area contributed by atoms with E-state index in [4.69, 9.17) is 18.9 Å². The Hall–Kier alpha value is -4.32. The van der Waals surface area contributed by atoms with Crippen LogP contribution >= 0.6 is 0 Å². The summed E-state index contributed by atoms with van der Waals surface area (Å²) in [6, 6.07) is 16.6. The zero-order valence-corrected chi connectivity index (χ0v) is 19.2. The number of rotatable bonds is 10. The SMILES string of the molecule is C=CCc1ccc(OC)cc1OC(=O)c1cccc(C(=O)Oc2cc(OC)ccc2CC=C)c1. The highest BCUT2D eigenvalue weighted by Crippen LogP contribution is 2.28. The summed E-state index contributed by atoms with van der Waals surface area (Å²) in [5, 5.41) is 0. The van der Waals surface area contributed by atoms with Crippen molar-refractivity contribution >= 4 is 11.9 Å². The minimum absolute atomic E-state index is 0.207. The van der Waals surface area contributed by atoms with Gasteiger partial charge in [-0.3, -0.25) is 0 Å². The van der Waals surface area contributed by atoms with Crippen molar-refractivity contribution in [2.75, 3.05) is 14.2 Å². The predicted molar refractivity (Wildman–Crippen MR) is 130 cm³/mol. The lowest BCUT2D eigenvalue weighted by Gasteiger charge is -2.12. The third kappa shape index (κ3) is 5.92. The van der Waals surface area contributed by atoms with Gasteiger partial charge < -0.3 is 18.9 Å². The van der Waals surface area contributed by atoms with E-state index in [9.17, 15) is 9.59 Å². The standard InChI is InChI=1S/C28H26O6/c1-5-8-19-12-14-23(31-3)17-25(19)33-27(29)21-10-7-11-22(16-21)28(30)34-26-18-24(32-4)15-13-20(26)9-6-2/h5-7,10-18H,1-2,8-9H2,3-4H3. The fourth-order valence-electron chi connectivity index (χ4n) is 3.25. The van der Waals surface area contributed by atoms with Crippen LogP contribution in [0, 0.1) is 0 Å². The van der Waals surface area contributed by atoms with Crippen molar-refractivity contribution in [3.8, 4) is 23.0 Å². The molecular weight excluding hydrogens is 432 g/mol.